The molecular formula is C8H7AsS2. The topological polar surface area (TPSA) is 0 Å². The molecule has 11 heavy (non-hydrogen) atoms. The van der Waals surface area contributed by atoms with Crippen molar-refractivity contribution in [2.75, 3.05) is 0 Å². The van der Waals surface area contributed by atoms with Gasteiger partial charge in [-0.2, -0.15) is 0 Å². The van der Waals surface area contributed by atoms with Crippen molar-refractivity contribution in [3.05, 3.63) is 35.0 Å². The third-order valence-corrected chi connectivity index (χ3v) is 6.93. The molecule has 0 aliphatic carbocycles. The molecule has 0 saturated heterocycles. The summed E-state index contributed by atoms with van der Waals surface area (Å²) in [6, 6.07) is 8.75. The Bertz CT molecular complexity index is 264. The van der Waals surface area contributed by atoms with Crippen molar-refractivity contribution in [2.24, 2.45) is 0 Å². The van der Waals surface area contributed by atoms with Crippen molar-refractivity contribution in [3.63, 3.8) is 0 Å². The summed E-state index contributed by atoms with van der Waals surface area (Å²) in [5.41, 5.74) is 0. The van der Waals surface area contributed by atoms with Gasteiger partial charge >= 0.3 is 80.8 Å². The zero-order valence-electron chi connectivity index (χ0n) is 5.78. The van der Waals surface area contributed by atoms with Gasteiger partial charge in [-0.25, -0.2) is 0 Å². The van der Waals surface area contributed by atoms with Gasteiger partial charge in [0.15, 0.2) is 0 Å². The third-order valence-electron chi connectivity index (χ3n) is 1.29. The minimum atomic E-state index is 0.00926. The van der Waals surface area contributed by atoms with Gasteiger partial charge in [0.1, 0.15) is 0 Å². The van der Waals surface area contributed by atoms with Crippen LogP contribution in [-0.4, -0.2) is 15.8 Å². The summed E-state index contributed by atoms with van der Waals surface area (Å²) >= 11 is 3.78. The first-order chi connectivity index (χ1) is 5.45. The molecule has 0 spiro atoms. The summed E-state index contributed by atoms with van der Waals surface area (Å²) in [5, 5.41) is 4.32. The van der Waals surface area contributed by atoms with E-state index in [1.54, 1.807) is 7.33 Å². The summed E-state index contributed by atoms with van der Waals surface area (Å²) in [5.74, 6) is 0. The molecule has 0 bridgehead atoms. The summed E-state index contributed by atoms with van der Waals surface area (Å²) < 4.78 is 3.15. The van der Waals surface area contributed by atoms with Crippen molar-refractivity contribution in [1.82, 2.24) is 0 Å². The fraction of sp³-hybridized carbons (Fsp3) is 0. The summed E-state index contributed by atoms with van der Waals surface area (Å²) in [6.45, 7) is 0. The zero-order chi connectivity index (χ0) is 7.52. The number of hydrogen-bond donors (Lipinski definition) is 0. The number of thiophene rings is 2. The Kier molecular flexibility index (Phi) is 2.47. The molecule has 0 aromatic carbocycles. The van der Waals surface area contributed by atoms with E-state index in [1.807, 2.05) is 22.7 Å². The molecule has 2 aromatic heterocycles. The molecule has 0 N–H and O–H groups in total. The van der Waals surface area contributed by atoms with Gasteiger partial charge in [0.2, 0.25) is 0 Å². The molecule has 2 aromatic rings. The first-order valence-corrected chi connectivity index (χ1v) is 7.15. The molecule has 56 valence electrons. The minimum absolute atomic E-state index is 0.00926. The second kappa shape index (κ2) is 3.57. The van der Waals surface area contributed by atoms with Crippen LogP contribution in [0.25, 0.3) is 0 Å². The van der Waals surface area contributed by atoms with E-state index < -0.39 is 0 Å². The summed E-state index contributed by atoms with van der Waals surface area (Å²) in [4.78, 5) is 0. The molecule has 0 unspecified atom stereocenters. The second-order valence-corrected chi connectivity index (χ2v) is 8.28. The Morgan fingerprint density at radius 1 is 0.909 bits per heavy atom. The normalized spacial score (nSPS) is 10.2. The van der Waals surface area contributed by atoms with E-state index in [4.69, 9.17) is 0 Å². The van der Waals surface area contributed by atoms with Crippen molar-refractivity contribution in [2.45, 2.75) is 0 Å². The van der Waals surface area contributed by atoms with Gasteiger partial charge in [0.25, 0.3) is 0 Å². The first kappa shape index (κ1) is 7.60. The Morgan fingerprint density at radius 2 is 1.45 bits per heavy atom. The van der Waals surface area contributed by atoms with Gasteiger partial charge in [-0.15, -0.1) is 0 Å². The van der Waals surface area contributed by atoms with Crippen LogP contribution in [-0.2, 0) is 0 Å². The van der Waals surface area contributed by atoms with Gasteiger partial charge < -0.3 is 0 Å². The molecule has 0 fully saturated rings. The SMILES string of the molecule is c1csc([AsH]c2cccs2)c1. The molecule has 0 saturated carbocycles. The Morgan fingerprint density at radius 3 is 1.82 bits per heavy atom. The maximum atomic E-state index is 2.24. The van der Waals surface area contributed by atoms with Crippen LogP contribution in [0.4, 0.5) is 0 Å². The van der Waals surface area contributed by atoms with Crippen LogP contribution in [0.1, 0.15) is 0 Å². The van der Waals surface area contributed by atoms with E-state index in [0.29, 0.717) is 0 Å². The standard InChI is InChI=1S/C8H7AsS2/c1-3-7(10-5-1)9-8-4-2-6-11-8/h1-6,9H. The fourth-order valence-electron chi connectivity index (χ4n) is 0.821. The molecular weight excluding hydrogens is 235 g/mol. The van der Waals surface area contributed by atoms with Gasteiger partial charge in [0, 0.05) is 0 Å². The van der Waals surface area contributed by atoms with E-state index in [-0.39, 0.29) is 15.8 Å². The van der Waals surface area contributed by atoms with E-state index in [0.717, 1.165) is 0 Å². The quantitative estimate of drug-likeness (QED) is 0.694. The molecule has 0 aliphatic rings. The summed E-state index contributed by atoms with van der Waals surface area (Å²) in [6.07, 6.45) is 0. The number of rotatable bonds is 2. The van der Waals surface area contributed by atoms with Gasteiger partial charge in [0.05, 0.1) is 0 Å². The molecule has 0 atom stereocenters. The van der Waals surface area contributed by atoms with Gasteiger partial charge in [-0.3, -0.25) is 0 Å². The van der Waals surface area contributed by atoms with E-state index in [1.165, 1.54) is 0 Å². The number of hydrogen-bond acceptors (Lipinski definition) is 2. The van der Waals surface area contributed by atoms with Crippen molar-refractivity contribution in [1.29, 1.82) is 0 Å². The van der Waals surface area contributed by atoms with Crippen LogP contribution in [0.5, 0.6) is 0 Å². The van der Waals surface area contributed by atoms with Gasteiger partial charge in [-0.1, -0.05) is 0 Å². The zero-order valence-corrected chi connectivity index (χ0v) is 9.51. The molecule has 2 rings (SSSR count). The van der Waals surface area contributed by atoms with Crippen molar-refractivity contribution >= 4 is 45.8 Å². The molecule has 3 heteroatoms. The Hall–Kier alpha value is -0.0416. The van der Waals surface area contributed by atoms with Crippen LogP contribution in [0, 0.1) is 0 Å². The predicted molar refractivity (Wildman–Crippen MR) is 55.1 cm³/mol. The predicted octanol–water partition coefficient (Wildman–Crippen LogP) is 1.20. The fourth-order valence-corrected chi connectivity index (χ4v) is 6.20. The Balaban J connectivity index is 2.14. The van der Waals surface area contributed by atoms with Crippen molar-refractivity contribution in [3.8, 4) is 0 Å². The van der Waals surface area contributed by atoms with E-state index >= 15 is 0 Å². The average Bonchev–Trinajstić information content (AvgIpc) is 2.60. The van der Waals surface area contributed by atoms with Crippen LogP contribution < -0.4 is 7.33 Å². The monoisotopic (exact) mass is 242 g/mol. The molecule has 0 nitrogen and oxygen atoms in total. The van der Waals surface area contributed by atoms with Crippen LogP contribution in [0.3, 0.4) is 0 Å². The van der Waals surface area contributed by atoms with E-state index in [9.17, 15) is 0 Å². The van der Waals surface area contributed by atoms with E-state index in [2.05, 4.69) is 35.0 Å². The third kappa shape index (κ3) is 1.96. The molecule has 0 radical (unpaired) electrons. The van der Waals surface area contributed by atoms with Crippen LogP contribution in [0.2, 0.25) is 0 Å². The molecule has 2 heterocycles. The average molecular weight is 242 g/mol. The van der Waals surface area contributed by atoms with Gasteiger partial charge in [-0.05, 0) is 0 Å². The van der Waals surface area contributed by atoms with Crippen molar-refractivity contribution < 1.29 is 0 Å². The second-order valence-electron chi connectivity index (χ2n) is 2.08. The van der Waals surface area contributed by atoms with Crippen LogP contribution in [0.15, 0.2) is 35.0 Å². The maximum absolute atomic E-state index is 2.24. The molecule has 0 amide bonds. The molecule has 0 aliphatic heterocycles. The van der Waals surface area contributed by atoms with Crippen LogP contribution >= 0.6 is 22.7 Å². The Labute approximate surface area is 80.6 Å². The summed E-state index contributed by atoms with van der Waals surface area (Å²) in [7, 11) is 0. The first-order valence-electron chi connectivity index (χ1n) is 3.29.